The molecule has 0 spiro atoms. The van der Waals surface area contributed by atoms with E-state index in [1.807, 2.05) is 37.3 Å². The van der Waals surface area contributed by atoms with Gasteiger partial charge in [-0.05, 0) is 12.0 Å². The smallest absolute Gasteiger partial charge is 0.321 e. The van der Waals surface area contributed by atoms with E-state index in [9.17, 15) is 9.59 Å². The summed E-state index contributed by atoms with van der Waals surface area (Å²) in [5.74, 6) is -0.543. The minimum Gasteiger partial charge on any atom is -0.386 e. The number of oxime groups is 1. The van der Waals surface area contributed by atoms with Crippen molar-refractivity contribution < 1.29 is 14.4 Å². The molecule has 0 aromatic heterocycles. The van der Waals surface area contributed by atoms with Gasteiger partial charge in [-0.1, -0.05) is 42.4 Å². The lowest BCUT2D eigenvalue weighted by Gasteiger charge is -2.04. The molecular formula is C13H17N3O3. The first kappa shape index (κ1) is 14.7. The van der Waals surface area contributed by atoms with Crippen LogP contribution in [0.25, 0.3) is 0 Å². The fourth-order valence-corrected chi connectivity index (χ4v) is 1.18. The van der Waals surface area contributed by atoms with E-state index in [0.717, 1.165) is 12.0 Å². The Bertz CT molecular complexity index is 432. The third-order valence-electron chi connectivity index (χ3n) is 2.06. The van der Waals surface area contributed by atoms with E-state index in [0.29, 0.717) is 6.54 Å². The third kappa shape index (κ3) is 6.82. The van der Waals surface area contributed by atoms with E-state index in [-0.39, 0.29) is 6.61 Å². The van der Waals surface area contributed by atoms with Crippen molar-refractivity contribution >= 4 is 18.2 Å². The molecule has 0 radical (unpaired) electrons. The Morgan fingerprint density at radius 3 is 2.74 bits per heavy atom. The summed E-state index contributed by atoms with van der Waals surface area (Å²) in [4.78, 5) is 27.2. The summed E-state index contributed by atoms with van der Waals surface area (Å²) in [6, 6.07) is 8.80. The number of imide groups is 1. The van der Waals surface area contributed by atoms with Gasteiger partial charge in [0.05, 0.1) is 6.21 Å². The number of urea groups is 1. The standard InChI is InChI=1S/C13H17N3O3/c1-2-8-14-13(18)16-12(17)10-19-15-9-11-6-4-3-5-7-11/h3-7,9H,2,8,10H2,1H3,(H2,14,16,17,18)/b15-9-. The van der Waals surface area contributed by atoms with Crippen molar-refractivity contribution in [2.24, 2.45) is 5.16 Å². The van der Waals surface area contributed by atoms with Crippen molar-refractivity contribution in [2.45, 2.75) is 13.3 Å². The molecule has 0 fully saturated rings. The largest absolute Gasteiger partial charge is 0.386 e. The Labute approximate surface area is 111 Å². The van der Waals surface area contributed by atoms with Gasteiger partial charge < -0.3 is 10.2 Å². The molecule has 0 bridgehead atoms. The molecule has 0 heterocycles. The second-order valence-corrected chi connectivity index (χ2v) is 3.72. The van der Waals surface area contributed by atoms with Gasteiger partial charge >= 0.3 is 6.03 Å². The molecule has 0 saturated heterocycles. The summed E-state index contributed by atoms with van der Waals surface area (Å²) < 4.78 is 0. The number of carbonyl (C=O) groups excluding carboxylic acids is 2. The van der Waals surface area contributed by atoms with Gasteiger partial charge in [0.15, 0.2) is 6.61 Å². The van der Waals surface area contributed by atoms with Crippen LogP contribution in [0, 0.1) is 0 Å². The summed E-state index contributed by atoms with van der Waals surface area (Å²) in [6.07, 6.45) is 2.30. The van der Waals surface area contributed by atoms with Crippen molar-refractivity contribution in [2.75, 3.05) is 13.2 Å². The number of carbonyl (C=O) groups is 2. The number of rotatable bonds is 6. The van der Waals surface area contributed by atoms with E-state index in [1.165, 1.54) is 6.21 Å². The summed E-state index contributed by atoms with van der Waals surface area (Å²) in [5.41, 5.74) is 0.864. The highest BCUT2D eigenvalue weighted by molar-refractivity contribution is 5.94. The van der Waals surface area contributed by atoms with Gasteiger partial charge in [0.1, 0.15) is 0 Å². The predicted molar refractivity (Wildman–Crippen MR) is 71.8 cm³/mol. The molecule has 6 nitrogen and oxygen atoms in total. The van der Waals surface area contributed by atoms with Crippen LogP contribution in [-0.2, 0) is 9.63 Å². The third-order valence-corrected chi connectivity index (χ3v) is 2.06. The monoisotopic (exact) mass is 263 g/mol. The van der Waals surface area contributed by atoms with Crippen LogP contribution in [0.1, 0.15) is 18.9 Å². The second-order valence-electron chi connectivity index (χ2n) is 3.72. The molecule has 2 N–H and O–H groups in total. The molecule has 1 aromatic rings. The number of hydrogen-bond donors (Lipinski definition) is 2. The predicted octanol–water partition coefficient (Wildman–Crippen LogP) is 1.27. The zero-order chi connectivity index (χ0) is 13.9. The minimum atomic E-state index is -0.543. The van der Waals surface area contributed by atoms with E-state index in [2.05, 4.69) is 15.8 Å². The van der Waals surface area contributed by atoms with Crippen LogP contribution < -0.4 is 10.6 Å². The first-order chi connectivity index (χ1) is 9.22. The van der Waals surface area contributed by atoms with Gasteiger partial charge in [-0.25, -0.2) is 4.79 Å². The fourth-order valence-electron chi connectivity index (χ4n) is 1.18. The highest BCUT2D eigenvalue weighted by atomic mass is 16.6. The molecule has 0 unspecified atom stereocenters. The number of nitrogens with zero attached hydrogens (tertiary/aromatic N) is 1. The molecule has 19 heavy (non-hydrogen) atoms. The lowest BCUT2D eigenvalue weighted by molar-refractivity contribution is -0.124. The first-order valence-corrected chi connectivity index (χ1v) is 6.00. The Hall–Kier alpha value is -2.37. The molecule has 0 atom stereocenters. The fraction of sp³-hybridized carbons (Fsp3) is 0.308. The van der Waals surface area contributed by atoms with E-state index >= 15 is 0 Å². The van der Waals surface area contributed by atoms with Crippen molar-refractivity contribution in [3.63, 3.8) is 0 Å². The molecule has 102 valence electrons. The number of hydrogen-bond acceptors (Lipinski definition) is 4. The van der Waals surface area contributed by atoms with Gasteiger partial charge in [0, 0.05) is 6.54 Å². The Balaban J connectivity index is 2.20. The SMILES string of the molecule is CCCNC(=O)NC(=O)CO/N=C\c1ccccc1. The first-order valence-electron chi connectivity index (χ1n) is 6.00. The lowest BCUT2D eigenvalue weighted by Crippen LogP contribution is -2.41. The molecule has 0 saturated carbocycles. The van der Waals surface area contributed by atoms with Crippen LogP contribution in [0.4, 0.5) is 4.79 Å². The van der Waals surface area contributed by atoms with Crippen LogP contribution in [0.15, 0.2) is 35.5 Å². The summed E-state index contributed by atoms with van der Waals surface area (Å²) in [5, 5.41) is 8.27. The molecule has 6 heteroatoms. The van der Waals surface area contributed by atoms with Crippen LogP contribution in [0.2, 0.25) is 0 Å². The van der Waals surface area contributed by atoms with E-state index in [1.54, 1.807) is 0 Å². The maximum Gasteiger partial charge on any atom is 0.321 e. The minimum absolute atomic E-state index is 0.303. The molecule has 3 amide bonds. The van der Waals surface area contributed by atoms with Crippen molar-refractivity contribution in [1.29, 1.82) is 0 Å². The average molecular weight is 263 g/mol. The summed E-state index contributed by atoms with van der Waals surface area (Å²) in [6.45, 7) is 2.14. The number of nitrogens with one attached hydrogen (secondary N) is 2. The zero-order valence-electron chi connectivity index (χ0n) is 10.8. The Kier molecular flexibility index (Phi) is 6.71. The van der Waals surface area contributed by atoms with Crippen molar-refractivity contribution in [3.8, 4) is 0 Å². The molecular weight excluding hydrogens is 246 g/mol. The van der Waals surface area contributed by atoms with Crippen LogP contribution in [0.3, 0.4) is 0 Å². The van der Waals surface area contributed by atoms with Crippen molar-refractivity contribution in [3.05, 3.63) is 35.9 Å². The quantitative estimate of drug-likeness (QED) is 0.599. The maximum atomic E-state index is 11.3. The molecule has 0 aliphatic carbocycles. The van der Waals surface area contributed by atoms with Crippen LogP contribution in [0.5, 0.6) is 0 Å². The van der Waals surface area contributed by atoms with Crippen LogP contribution in [-0.4, -0.2) is 31.3 Å². The summed E-state index contributed by atoms with van der Waals surface area (Å²) in [7, 11) is 0. The van der Waals surface area contributed by atoms with Gasteiger partial charge in [-0.15, -0.1) is 0 Å². The Morgan fingerprint density at radius 2 is 2.05 bits per heavy atom. The molecule has 0 aliphatic rings. The topological polar surface area (TPSA) is 79.8 Å². The Morgan fingerprint density at radius 1 is 1.32 bits per heavy atom. The summed E-state index contributed by atoms with van der Waals surface area (Å²) >= 11 is 0. The highest BCUT2D eigenvalue weighted by Gasteiger charge is 2.06. The van der Waals surface area contributed by atoms with Crippen LogP contribution >= 0.6 is 0 Å². The number of benzene rings is 1. The normalized spacial score (nSPS) is 10.2. The van der Waals surface area contributed by atoms with E-state index in [4.69, 9.17) is 4.84 Å². The zero-order valence-corrected chi connectivity index (χ0v) is 10.8. The highest BCUT2D eigenvalue weighted by Crippen LogP contribution is 1.93. The molecule has 1 aromatic carbocycles. The average Bonchev–Trinajstić information content (AvgIpc) is 2.42. The van der Waals surface area contributed by atoms with Crippen molar-refractivity contribution in [1.82, 2.24) is 10.6 Å². The maximum absolute atomic E-state index is 11.3. The van der Waals surface area contributed by atoms with Gasteiger partial charge in [0.25, 0.3) is 5.91 Å². The number of amides is 3. The van der Waals surface area contributed by atoms with Gasteiger partial charge in [-0.3, -0.25) is 10.1 Å². The second kappa shape index (κ2) is 8.68. The van der Waals surface area contributed by atoms with Gasteiger partial charge in [-0.2, -0.15) is 0 Å². The molecule has 1 rings (SSSR count). The van der Waals surface area contributed by atoms with E-state index < -0.39 is 11.9 Å². The molecule has 0 aliphatic heterocycles. The lowest BCUT2D eigenvalue weighted by atomic mass is 10.2. The van der Waals surface area contributed by atoms with Gasteiger partial charge in [0.2, 0.25) is 0 Å².